The van der Waals surface area contributed by atoms with Gasteiger partial charge in [-0.25, -0.2) is 9.78 Å². The Morgan fingerprint density at radius 2 is 1.68 bits per heavy atom. The zero-order chi connectivity index (χ0) is 36.0. The molecule has 12 nitrogen and oxygen atoms in total. The number of fused-ring (bicyclic) bond motifs is 1. The van der Waals surface area contributed by atoms with Crippen molar-refractivity contribution in [3.63, 3.8) is 0 Å². The van der Waals surface area contributed by atoms with Gasteiger partial charge < -0.3 is 20.3 Å². The van der Waals surface area contributed by atoms with E-state index in [2.05, 4.69) is 20.6 Å². The van der Waals surface area contributed by atoms with E-state index >= 15 is 0 Å². The molecule has 0 aromatic carbocycles. The number of hydrogen-bond donors (Lipinski definition) is 2. The monoisotopic (exact) mass is 693 g/mol. The number of Topliss-reactive ketones (excluding diaryl/α,β-unsaturated/α-hetero) is 1. The molecule has 0 unspecified atom stereocenters. The predicted octanol–water partition coefficient (Wildman–Crippen LogP) is 4.56. The Bertz CT molecular complexity index is 1400. The highest BCUT2D eigenvalue weighted by Crippen LogP contribution is 2.43. The van der Waals surface area contributed by atoms with E-state index in [4.69, 9.17) is 4.74 Å². The highest BCUT2D eigenvalue weighted by molar-refractivity contribution is 5.99. The minimum Gasteiger partial charge on any atom is -0.392 e. The van der Waals surface area contributed by atoms with Crippen molar-refractivity contribution in [2.45, 2.75) is 136 Å². The van der Waals surface area contributed by atoms with Crippen molar-refractivity contribution >= 4 is 35.4 Å². The summed E-state index contributed by atoms with van der Waals surface area (Å²) in [5.41, 5.74) is -0.506. The van der Waals surface area contributed by atoms with E-state index in [1.165, 1.54) is 18.6 Å². The fourth-order valence-electron chi connectivity index (χ4n) is 8.27. The topological polar surface area (TPSA) is 165 Å². The van der Waals surface area contributed by atoms with Gasteiger partial charge in [0.1, 0.15) is 23.8 Å². The first-order valence-corrected chi connectivity index (χ1v) is 18.8. The van der Waals surface area contributed by atoms with Gasteiger partial charge in [-0.3, -0.25) is 29.0 Å². The summed E-state index contributed by atoms with van der Waals surface area (Å²) in [6, 6.07) is -2.79. The van der Waals surface area contributed by atoms with E-state index in [-0.39, 0.29) is 59.8 Å². The highest BCUT2D eigenvalue weighted by atomic mass is 16.6. The largest absolute Gasteiger partial charge is 0.392 e. The Kier molecular flexibility index (Phi) is 12.4. The fraction of sp³-hybridized carbons (Fsp3) is 0.737. The standard InChI is InChI=1S/C38H55N5O7/c1-5-10-28(37(49)50-31(45)19-23-15-16-23)41-35(47)32-26-14-9-13-25(26)22-43(32)36(48)33(38(2,3)4)42-34(46)27(24-11-7-6-8-12-24)20-30(44)29-21-39-17-18-40-29/h17-18,21,23-28,32-33H,5-16,19-20,22H2,1-4H3,(H,41,47)(H,42,46)/t25-,26-,27-,28-,32-,33+/m0/s1. The molecule has 0 bridgehead atoms. The van der Waals surface area contributed by atoms with E-state index in [1.54, 1.807) is 4.90 Å². The van der Waals surface area contributed by atoms with Crippen LogP contribution in [0.25, 0.3) is 0 Å². The number of esters is 2. The van der Waals surface area contributed by atoms with Gasteiger partial charge in [0, 0.05) is 37.7 Å². The number of nitrogens with one attached hydrogen (secondary N) is 2. The molecule has 5 rings (SSSR count). The molecule has 3 aliphatic carbocycles. The van der Waals surface area contributed by atoms with Crippen LogP contribution in [0.4, 0.5) is 0 Å². The summed E-state index contributed by atoms with van der Waals surface area (Å²) in [7, 11) is 0. The molecule has 6 atom stereocenters. The molecule has 50 heavy (non-hydrogen) atoms. The zero-order valence-corrected chi connectivity index (χ0v) is 30.2. The van der Waals surface area contributed by atoms with Crippen molar-refractivity contribution in [3.8, 4) is 0 Å². The van der Waals surface area contributed by atoms with Crippen LogP contribution in [0, 0.1) is 35.0 Å². The first-order valence-electron chi connectivity index (χ1n) is 18.8. The SMILES string of the molecule is CCC[C@H](NC(=O)[C@@H]1[C@H]2CCC[C@H]2CN1C(=O)[C@@H](NC(=O)[C@@H](CC(=O)c1cnccn1)C1CCCCC1)C(C)(C)C)C(=O)OC(=O)CC1CC1. The first-order chi connectivity index (χ1) is 23.9. The first kappa shape index (κ1) is 37.6. The van der Waals surface area contributed by atoms with Crippen LogP contribution in [-0.2, 0) is 28.7 Å². The van der Waals surface area contributed by atoms with Crippen LogP contribution < -0.4 is 10.6 Å². The predicted molar refractivity (Wildman–Crippen MR) is 184 cm³/mol. The molecule has 1 aliphatic heterocycles. The lowest BCUT2D eigenvalue weighted by Crippen LogP contribution is -2.60. The van der Waals surface area contributed by atoms with Crippen LogP contribution in [0.15, 0.2) is 18.6 Å². The van der Waals surface area contributed by atoms with Crippen LogP contribution in [-0.4, -0.2) is 75.0 Å². The van der Waals surface area contributed by atoms with Crippen LogP contribution in [0.2, 0.25) is 0 Å². The second kappa shape index (κ2) is 16.5. The molecule has 1 saturated heterocycles. The second-order valence-corrected chi connectivity index (χ2v) is 16.1. The number of carbonyl (C=O) groups is 6. The summed E-state index contributed by atoms with van der Waals surface area (Å²) < 4.78 is 5.14. The van der Waals surface area contributed by atoms with Gasteiger partial charge in [-0.2, -0.15) is 0 Å². The molecule has 2 heterocycles. The molecular weight excluding hydrogens is 638 g/mol. The summed E-state index contributed by atoms with van der Waals surface area (Å²) in [6.45, 7) is 7.91. The maximum absolute atomic E-state index is 14.6. The van der Waals surface area contributed by atoms with Crippen LogP contribution >= 0.6 is 0 Å². The normalized spacial score (nSPS) is 24.1. The van der Waals surface area contributed by atoms with Gasteiger partial charge in [0.25, 0.3) is 0 Å². The molecule has 274 valence electrons. The van der Waals surface area contributed by atoms with Crippen LogP contribution in [0.1, 0.15) is 128 Å². The minimum absolute atomic E-state index is 0.00354. The van der Waals surface area contributed by atoms with Gasteiger partial charge in [-0.15, -0.1) is 0 Å². The summed E-state index contributed by atoms with van der Waals surface area (Å²) in [6.07, 6.45) is 14.6. The second-order valence-electron chi connectivity index (χ2n) is 16.1. The van der Waals surface area contributed by atoms with E-state index in [9.17, 15) is 28.8 Å². The fourth-order valence-corrected chi connectivity index (χ4v) is 8.27. The maximum atomic E-state index is 14.6. The Labute approximate surface area is 295 Å². The van der Waals surface area contributed by atoms with Gasteiger partial charge in [-0.1, -0.05) is 59.8 Å². The van der Waals surface area contributed by atoms with Gasteiger partial charge in [0.15, 0.2) is 5.78 Å². The number of ketones is 1. The van der Waals surface area contributed by atoms with Gasteiger partial charge in [-0.05, 0) is 74.0 Å². The van der Waals surface area contributed by atoms with Crippen LogP contribution in [0.3, 0.4) is 0 Å². The molecule has 4 fully saturated rings. The quantitative estimate of drug-likeness (QED) is 0.162. The van der Waals surface area contributed by atoms with E-state index in [0.29, 0.717) is 19.4 Å². The molecule has 3 amide bonds. The molecule has 1 aromatic heterocycles. The number of amides is 3. The lowest BCUT2D eigenvalue weighted by atomic mass is 9.76. The molecular formula is C38H55N5O7. The number of carbonyl (C=O) groups excluding carboxylic acids is 6. The molecule has 12 heteroatoms. The number of rotatable bonds is 14. The van der Waals surface area contributed by atoms with E-state index < -0.39 is 47.3 Å². The van der Waals surface area contributed by atoms with Gasteiger partial charge >= 0.3 is 11.9 Å². The Balaban J connectivity index is 1.34. The van der Waals surface area contributed by atoms with Crippen molar-refractivity contribution < 1.29 is 33.5 Å². The number of hydrogen-bond acceptors (Lipinski definition) is 9. The van der Waals surface area contributed by atoms with E-state index in [0.717, 1.165) is 64.2 Å². The average molecular weight is 694 g/mol. The van der Waals surface area contributed by atoms with Crippen molar-refractivity contribution in [1.82, 2.24) is 25.5 Å². The minimum atomic E-state index is -1.01. The van der Waals surface area contributed by atoms with Crippen LogP contribution in [0.5, 0.6) is 0 Å². The molecule has 2 N–H and O–H groups in total. The smallest absolute Gasteiger partial charge is 0.336 e. The van der Waals surface area contributed by atoms with Crippen molar-refractivity contribution in [2.75, 3.05) is 6.54 Å². The molecule has 0 radical (unpaired) electrons. The third-order valence-electron chi connectivity index (χ3n) is 11.2. The number of aromatic nitrogens is 2. The Hall–Kier alpha value is -3.70. The zero-order valence-electron chi connectivity index (χ0n) is 30.2. The van der Waals surface area contributed by atoms with Crippen molar-refractivity contribution in [1.29, 1.82) is 0 Å². The van der Waals surface area contributed by atoms with Gasteiger partial charge in [0.2, 0.25) is 17.7 Å². The van der Waals surface area contributed by atoms with E-state index in [1.807, 2.05) is 27.7 Å². The van der Waals surface area contributed by atoms with Crippen molar-refractivity contribution in [3.05, 3.63) is 24.3 Å². The lowest BCUT2D eigenvalue weighted by molar-refractivity contribution is -0.162. The Morgan fingerprint density at radius 3 is 2.32 bits per heavy atom. The summed E-state index contributed by atoms with van der Waals surface area (Å²) in [4.78, 5) is 91.4. The number of nitrogens with zero attached hydrogens (tertiary/aromatic N) is 3. The van der Waals surface area contributed by atoms with Crippen molar-refractivity contribution in [2.24, 2.45) is 35.0 Å². The molecule has 4 aliphatic rings. The number of likely N-dealkylation sites (tertiary alicyclic amines) is 1. The molecule has 3 saturated carbocycles. The van der Waals surface area contributed by atoms with Gasteiger partial charge in [0.05, 0.1) is 6.20 Å². The summed E-state index contributed by atoms with van der Waals surface area (Å²) >= 11 is 0. The molecule has 0 spiro atoms. The maximum Gasteiger partial charge on any atom is 0.336 e. The third-order valence-corrected chi connectivity index (χ3v) is 11.2. The Morgan fingerprint density at radius 1 is 0.940 bits per heavy atom. The summed E-state index contributed by atoms with van der Waals surface area (Å²) in [5.74, 6) is -3.07. The lowest BCUT2D eigenvalue weighted by Gasteiger charge is -2.38. The molecule has 1 aromatic rings. The third kappa shape index (κ3) is 9.34. The summed E-state index contributed by atoms with van der Waals surface area (Å²) in [5, 5.41) is 5.93. The number of ether oxygens (including phenoxy) is 1. The average Bonchev–Trinajstić information content (AvgIpc) is 3.65. The highest BCUT2D eigenvalue weighted by Gasteiger charge is 2.52.